The van der Waals surface area contributed by atoms with Gasteiger partial charge in [-0.1, -0.05) is 0 Å². The fourth-order valence-electron chi connectivity index (χ4n) is 2.84. The van der Waals surface area contributed by atoms with E-state index in [9.17, 15) is 0 Å². The van der Waals surface area contributed by atoms with Crippen molar-refractivity contribution in [1.82, 2.24) is 9.88 Å². The summed E-state index contributed by atoms with van der Waals surface area (Å²) < 4.78 is 5.36. The van der Waals surface area contributed by atoms with Gasteiger partial charge in [0.2, 0.25) is 5.88 Å². The summed E-state index contributed by atoms with van der Waals surface area (Å²) in [5.41, 5.74) is 6.72. The van der Waals surface area contributed by atoms with Crippen LogP contribution in [0.5, 0.6) is 5.88 Å². The summed E-state index contributed by atoms with van der Waals surface area (Å²) in [6.45, 7) is 7.95. The van der Waals surface area contributed by atoms with Crippen LogP contribution in [0.25, 0.3) is 0 Å². The van der Waals surface area contributed by atoms with Gasteiger partial charge in [0.1, 0.15) is 0 Å². The average molecular weight is 292 g/mol. The Labute approximate surface area is 127 Å². The van der Waals surface area contributed by atoms with Gasteiger partial charge < -0.3 is 20.7 Å². The normalized spacial score (nSPS) is 18.4. The molecule has 1 atom stereocenters. The second-order valence-corrected chi connectivity index (χ2v) is 5.70. The fourth-order valence-corrected chi connectivity index (χ4v) is 2.84. The molecule has 0 aromatic carbocycles. The Balaban J connectivity index is 1.77. The summed E-state index contributed by atoms with van der Waals surface area (Å²) >= 11 is 0. The maximum absolute atomic E-state index is 5.64. The lowest BCUT2D eigenvalue weighted by Crippen LogP contribution is -2.44. The zero-order valence-electron chi connectivity index (χ0n) is 13.2. The Morgan fingerprint density at radius 1 is 1.43 bits per heavy atom. The molecule has 1 aliphatic heterocycles. The molecule has 1 fully saturated rings. The summed E-state index contributed by atoms with van der Waals surface area (Å²) in [6, 6.07) is 5.10. The summed E-state index contributed by atoms with van der Waals surface area (Å²) in [5, 5.41) is 3.57. The predicted octanol–water partition coefficient (Wildman–Crippen LogP) is 2.09. The molecule has 0 radical (unpaired) electrons. The van der Waals surface area contributed by atoms with Crippen LogP contribution >= 0.6 is 0 Å². The Bertz CT molecular complexity index is 401. The van der Waals surface area contributed by atoms with Crippen LogP contribution in [0.4, 0.5) is 5.69 Å². The number of ether oxygens (including phenoxy) is 1. The first-order valence-electron chi connectivity index (χ1n) is 8.02. The Hall–Kier alpha value is -1.33. The van der Waals surface area contributed by atoms with Gasteiger partial charge in [0.05, 0.1) is 18.5 Å². The highest BCUT2D eigenvalue weighted by Gasteiger charge is 2.22. The van der Waals surface area contributed by atoms with Gasteiger partial charge in [-0.2, -0.15) is 0 Å². The van der Waals surface area contributed by atoms with Crippen molar-refractivity contribution < 1.29 is 4.74 Å². The second-order valence-electron chi connectivity index (χ2n) is 5.70. The van der Waals surface area contributed by atoms with Crippen LogP contribution in [0.2, 0.25) is 0 Å². The minimum absolute atomic E-state index is 0.533. The number of anilines is 1. The first-order chi connectivity index (χ1) is 10.2. The van der Waals surface area contributed by atoms with Gasteiger partial charge in [0.15, 0.2) is 0 Å². The maximum Gasteiger partial charge on any atom is 0.213 e. The van der Waals surface area contributed by atoms with Gasteiger partial charge in [0.25, 0.3) is 0 Å². The van der Waals surface area contributed by atoms with Crippen LogP contribution in [0.1, 0.15) is 33.1 Å². The molecule has 2 rings (SSSR count). The van der Waals surface area contributed by atoms with Gasteiger partial charge in [-0.05, 0) is 45.7 Å². The second kappa shape index (κ2) is 8.20. The molecule has 5 nitrogen and oxygen atoms in total. The molecule has 118 valence electrons. The van der Waals surface area contributed by atoms with E-state index in [1.807, 2.05) is 25.3 Å². The summed E-state index contributed by atoms with van der Waals surface area (Å²) in [5.74, 6) is 0.688. The van der Waals surface area contributed by atoms with Crippen molar-refractivity contribution >= 4 is 5.69 Å². The zero-order valence-corrected chi connectivity index (χ0v) is 13.2. The largest absolute Gasteiger partial charge is 0.478 e. The summed E-state index contributed by atoms with van der Waals surface area (Å²) in [7, 11) is 0. The molecule has 0 bridgehead atoms. The highest BCUT2D eigenvalue weighted by molar-refractivity contribution is 5.43. The Morgan fingerprint density at radius 3 is 2.76 bits per heavy atom. The van der Waals surface area contributed by atoms with Crippen LogP contribution < -0.4 is 15.8 Å². The standard InChI is InChI=1S/C16H28N4O/c1-3-21-16-5-4-15(12-18-16)19-14-7-10-20(11-8-14)13(2)6-9-17/h4-5,12-14,19H,3,6-11,17H2,1-2H3/t13-/m1/s1. The number of pyridine rings is 1. The summed E-state index contributed by atoms with van der Waals surface area (Å²) in [4.78, 5) is 6.84. The van der Waals surface area contributed by atoms with Crippen molar-refractivity contribution in [3.8, 4) is 5.88 Å². The van der Waals surface area contributed by atoms with Crippen molar-refractivity contribution in [3.63, 3.8) is 0 Å². The highest BCUT2D eigenvalue weighted by Crippen LogP contribution is 2.19. The first-order valence-corrected chi connectivity index (χ1v) is 8.02. The third-order valence-electron chi connectivity index (χ3n) is 4.14. The monoisotopic (exact) mass is 292 g/mol. The number of rotatable bonds is 7. The van der Waals surface area contributed by atoms with Crippen molar-refractivity contribution in [1.29, 1.82) is 0 Å². The van der Waals surface area contributed by atoms with Gasteiger partial charge >= 0.3 is 0 Å². The molecular formula is C16H28N4O. The third-order valence-corrected chi connectivity index (χ3v) is 4.14. The van der Waals surface area contributed by atoms with E-state index in [1.165, 1.54) is 12.8 Å². The van der Waals surface area contributed by atoms with Crippen molar-refractivity contribution in [3.05, 3.63) is 18.3 Å². The van der Waals surface area contributed by atoms with Crippen molar-refractivity contribution in [2.45, 2.75) is 45.2 Å². The van der Waals surface area contributed by atoms with Crippen molar-refractivity contribution in [2.24, 2.45) is 5.73 Å². The number of piperidine rings is 1. The van der Waals surface area contributed by atoms with E-state index in [0.29, 0.717) is 24.6 Å². The summed E-state index contributed by atoms with van der Waals surface area (Å²) in [6.07, 6.45) is 5.28. The molecule has 0 aliphatic carbocycles. The van der Waals surface area contributed by atoms with Gasteiger partial charge in [-0.15, -0.1) is 0 Å². The zero-order chi connectivity index (χ0) is 15.1. The van der Waals surface area contributed by atoms with E-state index in [4.69, 9.17) is 10.5 Å². The van der Waals surface area contributed by atoms with E-state index >= 15 is 0 Å². The van der Waals surface area contributed by atoms with E-state index < -0.39 is 0 Å². The van der Waals surface area contributed by atoms with Crippen LogP contribution in [-0.4, -0.2) is 48.2 Å². The Kier molecular flexibility index (Phi) is 6.26. The van der Waals surface area contributed by atoms with Gasteiger partial charge in [-0.25, -0.2) is 4.98 Å². The Morgan fingerprint density at radius 2 is 2.19 bits per heavy atom. The number of nitrogens with zero attached hydrogens (tertiary/aromatic N) is 2. The molecule has 1 aromatic rings. The number of aromatic nitrogens is 1. The van der Waals surface area contributed by atoms with Crippen molar-refractivity contribution in [2.75, 3.05) is 31.6 Å². The average Bonchev–Trinajstić information content (AvgIpc) is 2.50. The lowest BCUT2D eigenvalue weighted by Gasteiger charge is -2.36. The number of hydrogen-bond acceptors (Lipinski definition) is 5. The predicted molar refractivity (Wildman–Crippen MR) is 86.8 cm³/mol. The quantitative estimate of drug-likeness (QED) is 0.806. The number of nitrogens with one attached hydrogen (secondary N) is 1. The van der Waals surface area contributed by atoms with E-state index in [0.717, 1.165) is 31.7 Å². The lowest BCUT2D eigenvalue weighted by atomic mass is 10.0. The van der Waals surface area contributed by atoms with E-state index in [1.54, 1.807) is 0 Å². The molecule has 0 spiro atoms. The van der Waals surface area contributed by atoms with Gasteiger partial charge in [0, 0.05) is 31.2 Å². The highest BCUT2D eigenvalue weighted by atomic mass is 16.5. The van der Waals surface area contributed by atoms with Crippen LogP contribution in [0, 0.1) is 0 Å². The number of likely N-dealkylation sites (tertiary alicyclic amines) is 1. The molecule has 5 heteroatoms. The van der Waals surface area contributed by atoms with Crippen LogP contribution in [-0.2, 0) is 0 Å². The number of nitrogens with two attached hydrogens (primary N) is 1. The topological polar surface area (TPSA) is 63.4 Å². The minimum Gasteiger partial charge on any atom is -0.478 e. The number of hydrogen-bond donors (Lipinski definition) is 2. The SMILES string of the molecule is CCOc1ccc(NC2CCN([C@H](C)CCN)CC2)cn1. The molecule has 1 saturated heterocycles. The third kappa shape index (κ3) is 4.86. The molecule has 3 N–H and O–H groups in total. The minimum atomic E-state index is 0.533. The molecule has 1 aliphatic rings. The van der Waals surface area contributed by atoms with E-state index in [2.05, 4.69) is 22.1 Å². The lowest BCUT2D eigenvalue weighted by molar-refractivity contribution is 0.161. The van der Waals surface area contributed by atoms with Gasteiger partial charge in [-0.3, -0.25) is 0 Å². The van der Waals surface area contributed by atoms with Crippen LogP contribution in [0.3, 0.4) is 0 Å². The molecule has 1 aromatic heterocycles. The molecular weight excluding hydrogens is 264 g/mol. The maximum atomic E-state index is 5.64. The smallest absolute Gasteiger partial charge is 0.213 e. The molecule has 0 saturated carbocycles. The van der Waals surface area contributed by atoms with E-state index in [-0.39, 0.29) is 0 Å². The van der Waals surface area contributed by atoms with Crippen LogP contribution in [0.15, 0.2) is 18.3 Å². The molecule has 2 heterocycles. The fraction of sp³-hybridized carbons (Fsp3) is 0.688. The molecule has 21 heavy (non-hydrogen) atoms. The molecule has 0 amide bonds. The molecule has 0 unspecified atom stereocenters. The first kappa shape index (κ1) is 16.0.